The average Bonchev–Trinajstić information content (AvgIpc) is 3.10. The van der Waals surface area contributed by atoms with E-state index in [4.69, 9.17) is 16.3 Å². The molecule has 3 aromatic carbocycles. The number of hydrogen-bond donors (Lipinski definition) is 2. The van der Waals surface area contributed by atoms with Gasteiger partial charge >= 0.3 is 5.97 Å². The molecule has 0 bridgehead atoms. The first-order valence-corrected chi connectivity index (χ1v) is 11.4. The van der Waals surface area contributed by atoms with Crippen LogP contribution in [0.15, 0.2) is 89.6 Å². The van der Waals surface area contributed by atoms with Crippen molar-refractivity contribution in [1.29, 1.82) is 0 Å². The van der Waals surface area contributed by atoms with Gasteiger partial charge in [0.15, 0.2) is 0 Å². The van der Waals surface area contributed by atoms with Crippen LogP contribution >= 0.6 is 11.6 Å². The molecule has 1 aliphatic rings. The molecule has 4 rings (SSSR count). The molecule has 0 fully saturated rings. The SMILES string of the molecule is COC(=O)c1cccc(NC(=O)c2cccc(NC3=C(Cl)C(=O)N(CCc4ccccc4)C3=O)c2)c1. The van der Waals surface area contributed by atoms with Gasteiger partial charge in [-0.3, -0.25) is 19.3 Å². The highest BCUT2D eigenvalue weighted by molar-refractivity contribution is 6.48. The van der Waals surface area contributed by atoms with Crippen LogP contribution in [0.25, 0.3) is 0 Å². The molecule has 3 aromatic rings. The van der Waals surface area contributed by atoms with Crippen molar-refractivity contribution < 1.29 is 23.9 Å². The van der Waals surface area contributed by atoms with E-state index in [-0.39, 0.29) is 22.8 Å². The summed E-state index contributed by atoms with van der Waals surface area (Å²) >= 11 is 6.20. The van der Waals surface area contributed by atoms with Crippen LogP contribution in [0, 0.1) is 0 Å². The molecule has 3 amide bonds. The number of anilines is 2. The molecule has 0 aliphatic carbocycles. The van der Waals surface area contributed by atoms with E-state index in [0.717, 1.165) is 10.5 Å². The molecule has 2 N–H and O–H groups in total. The molecule has 182 valence electrons. The molecule has 9 heteroatoms. The normalized spacial score (nSPS) is 13.1. The Kier molecular flexibility index (Phi) is 7.46. The van der Waals surface area contributed by atoms with E-state index in [9.17, 15) is 19.2 Å². The number of nitrogens with zero attached hydrogens (tertiary/aromatic N) is 1. The monoisotopic (exact) mass is 503 g/mol. The summed E-state index contributed by atoms with van der Waals surface area (Å²) in [5.74, 6) is -2.05. The quantitative estimate of drug-likeness (QED) is 0.352. The van der Waals surface area contributed by atoms with E-state index in [1.54, 1.807) is 36.4 Å². The number of methoxy groups -OCH3 is 1. The van der Waals surface area contributed by atoms with Crippen molar-refractivity contribution in [2.75, 3.05) is 24.3 Å². The zero-order valence-electron chi connectivity index (χ0n) is 19.3. The molecule has 36 heavy (non-hydrogen) atoms. The predicted octanol–water partition coefficient (Wildman–Crippen LogP) is 4.20. The van der Waals surface area contributed by atoms with E-state index in [1.807, 2.05) is 30.3 Å². The number of carbonyl (C=O) groups excluding carboxylic acids is 4. The molecule has 1 heterocycles. The predicted molar refractivity (Wildman–Crippen MR) is 136 cm³/mol. The molecule has 0 saturated carbocycles. The van der Waals surface area contributed by atoms with Gasteiger partial charge < -0.3 is 15.4 Å². The average molecular weight is 504 g/mol. The lowest BCUT2D eigenvalue weighted by atomic mass is 10.1. The lowest BCUT2D eigenvalue weighted by Gasteiger charge is -2.15. The van der Waals surface area contributed by atoms with Gasteiger partial charge in [-0.2, -0.15) is 0 Å². The molecule has 1 aliphatic heterocycles. The van der Waals surface area contributed by atoms with Crippen LogP contribution in [0.1, 0.15) is 26.3 Å². The van der Waals surface area contributed by atoms with Gasteiger partial charge in [0.2, 0.25) is 0 Å². The van der Waals surface area contributed by atoms with Gasteiger partial charge in [-0.25, -0.2) is 4.79 Å². The third kappa shape index (κ3) is 5.45. The fourth-order valence-corrected chi connectivity index (χ4v) is 3.90. The number of rotatable bonds is 8. The summed E-state index contributed by atoms with van der Waals surface area (Å²) in [5.41, 5.74) is 2.36. The Hall–Kier alpha value is -4.43. The third-order valence-corrected chi connectivity index (χ3v) is 5.86. The smallest absolute Gasteiger partial charge is 0.337 e. The van der Waals surface area contributed by atoms with Gasteiger partial charge in [-0.15, -0.1) is 0 Å². The number of benzene rings is 3. The summed E-state index contributed by atoms with van der Waals surface area (Å²) in [5, 5.41) is 5.40. The maximum atomic E-state index is 12.9. The number of carbonyl (C=O) groups is 4. The first kappa shape index (κ1) is 24.7. The lowest BCUT2D eigenvalue weighted by Crippen LogP contribution is -2.34. The Balaban J connectivity index is 1.44. The number of nitrogens with one attached hydrogen (secondary N) is 2. The number of hydrogen-bond acceptors (Lipinski definition) is 6. The summed E-state index contributed by atoms with van der Waals surface area (Å²) in [6, 6.07) is 22.3. The Morgan fingerprint density at radius 3 is 2.25 bits per heavy atom. The van der Waals surface area contributed by atoms with Crippen LogP contribution in [-0.2, 0) is 20.7 Å². The van der Waals surface area contributed by atoms with Crippen LogP contribution in [0.3, 0.4) is 0 Å². The third-order valence-electron chi connectivity index (χ3n) is 5.51. The summed E-state index contributed by atoms with van der Waals surface area (Å²) in [7, 11) is 1.28. The van der Waals surface area contributed by atoms with Gasteiger partial charge in [0.25, 0.3) is 17.7 Å². The van der Waals surface area contributed by atoms with Crippen LogP contribution in [0.5, 0.6) is 0 Å². The van der Waals surface area contributed by atoms with Crippen molar-refractivity contribution in [3.63, 3.8) is 0 Å². The first-order chi connectivity index (χ1) is 17.4. The fourth-order valence-electron chi connectivity index (χ4n) is 3.67. The van der Waals surface area contributed by atoms with Crippen molar-refractivity contribution >= 4 is 46.7 Å². The first-order valence-electron chi connectivity index (χ1n) is 11.0. The van der Waals surface area contributed by atoms with Crippen LogP contribution in [0.2, 0.25) is 0 Å². The zero-order valence-corrected chi connectivity index (χ0v) is 20.0. The van der Waals surface area contributed by atoms with E-state index < -0.39 is 23.7 Å². The Bertz CT molecular complexity index is 1370. The van der Waals surface area contributed by atoms with E-state index in [1.165, 1.54) is 19.2 Å². The minimum absolute atomic E-state index is 0.0435. The largest absolute Gasteiger partial charge is 0.465 e. The highest BCUT2D eigenvalue weighted by Gasteiger charge is 2.37. The second kappa shape index (κ2) is 10.9. The van der Waals surface area contributed by atoms with Crippen molar-refractivity contribution in [3.05, 3.63) is 106 Å². The molecular formula is C27H22ClN3O5. The fraction of sp³-hybridized carbons (Fsp3) is 0.111. The van der Waals surface area contributed by atoms with Crippen molar-refractivity contribution in [1.82, 2.24) is 4.90 Å². The summed E-state index contributed by atoms with van der Waals surface area (Å²) < 4.78 is 4.70. The number of halogens is 1. The number of esters is 1. The Morgan fingerprint density at radius 2 is 1.53 bits per heavy atom. The van der Waals surface area contributed by atoms with Gasteiger partial charge in [-0.1, -0.05) is 54.1 Å². The molecule has 0 atom stereocenters. The topological polar surface area (TPSA) is 105 Å². The maximum Gasteiger partial charge on any atom is 0.337 e. The summed E-state index contributed by atoms with van der Waals surface area (Å²) in [6.07, 6.45) is 0.503. The van der Waals surface area contributed by atoms with Crippen LogP contribution in [0.4, 0.5) is 11.4 Å². The summed E-state index contributed by atoms with van der Waals surface area (Å²) in [4.78, 5) is 51.1. The second-order valence-corrected chi connectivity index (χ2v) is 8.30. The highest BCUT2D eigenvalue weighted by atomic mass is 35.5. The molecule has 0 saturated heterocycles. The van der Waals surface area contributed by atoms with Crippen LogP contribution < -0.4 is 10.6 Å². The van der Waals surface area contributed by atoms with Crippen molar-refractivity contribution in [2.24, 2.45) is 0 Å². The van der Waals surface area contributed by atoms with Crippen molar-refractivity contribution in [2.45, 2.75) is 6.42 Å². The standard InChI is InChI=1S/C27H22ClN3O5/c1-36-27(35)19-10-6-12-21(16-19)30-24(32)18-9-5-11-20(15-18)29-23-22(28)25(33)31(26(23)34)14-13-17-7-3-2-4-8-17/h2-12,15-16,29H,13-14H2,1H3,(H,30,32). The van der Waals surface area contributed by atoms with E-state index >= 15 is 0 Å². The van der Waals surface area contributed by atoms with Gasteiger partial charge in [-0.05, 0) is 48.4 Å². The molecule has 0 unspecified atom stereocenters. The van der Waals surface area contributed by atoms with Gasteiger partial charge in [0.05, 0.1) is 12.7 Å². The number of imide groups is 1. The van der Waals surface area contributed by atoms with Crippen LogP contribution in [-0.4, -0.2) is 42.2 Å². The van der Waals surface area contributed by atoms with E-state index in [0.29, 0.717) is 23.4 Å². The van der Waals surface area contributed by atoms with Gasteiger partial charge in [0, 0.05) is 23.5 Å². The minimum atomic E-state index is -0.570. The zero-order chi connectivity index (χ0) is 25.7. The molecule has 0 aromatic heterocycles. The van der Waals surface area contributed by atoms with Crippen molar-refractivity contribution in [3.8, 4) is 0 Å². The minimum Gasteiger partial charge on any atom is -0.465 e. The summed E-state index contributed by atoms with van der Waals surface area (Å²) in [6.45, 7) is 0.191. The second-order valence-electron chi connectivity index (χ2n) is 7.92. The Labute approximate surface area is 212 Å². The van der Waals surface area contributed by atoms with E-state index in [2.05, 4.69) is 10.6 Å². The lowest BCUT2D eigenvalue weighted by molar-refractivity contribution is -0.137. The molecule has 0 spiro atoms. The number of amides is 3. The number of ether oxygens (including phenoxy) is 1. The molecule has 8 nitrogen and oxygen atoms in total. The maximum absolute atomic E-state index is 12.9. The van der Waals surface area contributed by atoms with Gasteiger partial charge in [0.1, 0.15) is 10.7 Å². The Morgan fingerprint density at radius 1 is 0.861 bits per heavy atom. The highest BCUT2D eigenvalue weighted by Crippen LogP contribution is 2.26. The molecular weight excluding hydrogens is 482 g/mol. The molecule has 0 radical (unpaired) electrons.